The van der Waals surface area contributed by atoms with E-state index in [4.69, 9.17) is 4.74 Å². The molecule has 0 aromatic heterocycles. The van der Waals surface area contributed by atoms with Crippen LogP contribution in [0.2, 0.25) is 0 Å². The first-order chi connectivity index (χ1) is 8.06. The van der Waals surface area contributed by atoms with Crippen molar-refractivity contribution in [2.24, 2.45) is 0 Å². The van der Waals surface area contributed by atoms with Crippen LogP contribution >= 0.6 is 15.9 Å². The van der Waals surface area contributed by atoms with Gasteiger partial charge in [-0.2, -0.15) is 0 Å². The third kappa shape index (κ3) is 4.36. The van der Waals surface area contributed by atoms with Crippen LogP contribution in [-0.4, -0.2) is 38.7 Å². The minimum atomic E-state index is -0.249. The molecule has 0 aliphatic rings. The molecule has 0 saturated carbocycles. The summed E-state index contributed by atoms with van der Waals surface area (Å²) in [6, 6.07) is 5.79. The molecule has 4 nitrogen and oxygen atoms in total. The molecule has 0 amide bonds. The standard InChI is InChI=1S/C12H16BrNO3/c1-14(8-12(15)17-3)7-9-6-10(13)4-5-11(9)16-2/h4-6H,7-8H2,1-3H3. The largest absolute Gasteiger partial charge is 0.496 e. The maximum Gasteiger partial charge on any atom is 0.319 e. The fourth-order valence-corrected chi connectivity index (χ4v) is 1.91. The van der Waals surface area contributed by atoms with E-state index in [-0.39, 0.29) is 12.5 Å². The molecule has 0 atom stereocenters. The third-order valence-electron chi connectivity index (χ3n) is 2.31. The molecule has 0 fully saturated rings. The van der Waals surface area contributed by atoms with Crippen LogP contribution in [-0.2, 0) is 16.1 Å². The molecule has 0 heterocycles. The van der Waals surface area contributed by atoms with E-state index in [9.17, 15) is 4.79 Å². The van der Waals surface area contributed by atoms with Gasteiger partial charge in [0, 0.05) is 16.6 Å². The first kappa shape index (κ1) is 14.0. The Morgan fingerprint density at radius 3 is 2.71 bits per heavy atom. The molecular formula is C12H16BrNO3. The molecule has 1 aromatic carbocycles. The Kier molecular flexibility index (Phi) is 5.44. The van der Waals surface area contributed by atoms with Gasteiger partial charge in [-0.25, -0.2) is 0 Å². The maximum absolute atomic E-state index is 11.1. The number of nitrogens with zero attached hydrogens (tertiary/aromatic N) is 1. The summed E-state index contributed by atoms with van der Waals surface area (Å²) in [5.41, 5.74) is 1.02. The minimum absolute atomic E-state index is 0.249. The number of hydrogen-bond donors (Lipinski definition) is 0. The van der Waals surface area contributed by atoms with Crippen LogP contribution in [0.1, 0.15) is 5.56 Å². The zero-order chi connectivity index (χ0) is 12.8. The average Bonchev–Trinajstić information content (AvgIpc) is 2.29. The summed E-state index contributed by atoms with van der Waals surface area (Å²) in [5.74, 6) is 0.561. The number of benzene rings is 1. The number of likely N-dealkylation sites (N-methyl/N-ethyl adjacent to an activating group) is 1. The Hall–Kier alpha value is -1.07. The van der Waals surface area contributed by atoms with Crippen molar-refractivity contribution in [2.75, 3.05) is 27.8 Å². The number of methoxy groups -OCH3 is 2. The van der Waals surface area contributed by atoms with Crippen LogP contribution in [0.3, 0.4) is 0 Å². The molecule has 5 heteroatoms. The maximum atomic E-state index is 11.1. The number of rotatable bonds is 5. The van der Waals surface area contributed by atoms with Gasteiger partial charge in [-0.05, 0) is 25.2 Å². The monoisotopic (exact) mass is 301 g/mol. The van der Waals surface area contributed by atoms with Crippen LogP contribution in [0, 0.1) is 0 Å². The molecule has 0 spiro atoms. The Balaban J connectivity index is 2.72. The van der Waals surface area contributed by atoms with Crippen molar-refractivity contribution >= 4 is 21.9 Å². The van der Waals surface area contributed by atoms with Crippen molar-refractivity contribution in [3.63, 3.8) is 0 Å². The van der Waals surface area contributed by atoms with Gasteiger partial charge in [0.1, 0.15) is 5.75 Å². The second-order valence-electron chi connectivity index (χ2n) is 3.70. The Morgan fingerprint density at radius 1 is 1.41 bits per heavy atom. The predicted molar refractivity (Wildman–Crippen MR) is 69.0 cm³/mol. The number of ether oxygens (including phenoxy) is 2. The van der Waals surface area contributed by atoms with Crippen molar-refractivity contribution in [2.45, 2.75) is 6.54 Å². The molecule has 0 aliphatic carbocycles. The molecule has 0 unspecified atom stereocenters. The van der Waals surface area contributed by atoms with Gasteiger partial charge in [0.05, 0.1) is 20.8 Å². The second kappa shape index (κ2) is 6.61. The van der Waals surface area contributed by atoms with Gasteiger partial charge in [-0.3, -0.25) is 9.69 Å². The van der Waals surface area contributed by atoms with Crippen LogP contribution in [0.4, 0.5) is 0 Å². The number of carbonyl (C=O) groups is 1. The molecule has 1 aromatic rings. The summed E-state index contributed by atoms with van der Waals surface area (Å²) in [7, 11) is 4.88. The Bertz CT molecular complexity index is 395. The van der Waals surface area contributed by atoms with Crippen molar-refractivity contribution < 1.29 is 14.3 Å². The van der Waals surface area contributed by atoms with Gasteiger partial charge >= 0.3 is 5.97 Å². The van der Waals surface area contributed by atoms with Crippen LogP contribution in [0.25, 0.3) is 0 Å². The van der Waals surface area contributed by atoms with Crippen molar-refractivity contribution in [1.82, 2.24) is 4.90 Å². The van der Waals surface area contributed by atoms with Crippen LogP contribution < -0.4 is 4.74 Å². The van der Waals surface area contributed by atoms with Crippen molar-refractivity contribution in [3.05, 3.63) is 28.2 Å². The van der Waals surface area contributed by atoms with E-state index in [1.54, 1.807) is 7.11 Å². The lowest BCUT2D eigenvalue weighted by Crippen LogP contribution is -2.26. The van der Waals surface area contributed by atoms with E-state index in [0.29, 0.717) is 6.54 Å². The molecule has 1 rings (SSSR count). The van der Waals surface area contributed by atoms with Crippen molar-refractivity contribution in [1.29, 1.82) is 0 Å². The Morgan fingerprint density at radius 2 is 2.12 bits per heavy atom. The van der Waals surface area contributed by atoms with Gasteiger partial charge in [-0.1, -0.05) is 15.9 Å². The minimum Gasteiger partial charge on any atom is -0.496 e. The highest BCUT2D eigenvalue weighted by atomic mass is 79.9. The predicted octanol–water partition coefficient (Wildman–Crippen LogP) is 2.06. The normalized spacial score (nSPS) is 10.4. The first-order valence-electron chi connectivity index (χ1n) is 5.14. The van der Waals surface area contributed by atoms with Crippen LogP contribution in [0.15, 0.2) is 22.7 Å². The van der Waals surface area contributed by atoms with Crippen LogP contribution in [0.5, 0.6) is 5.75 Å². The van der Waals surface area contributed by atoms with Gasteiger partial charge in [-0.15, -0.1) is 0 Å². The molecule has 17 heavy (non-hydrogen) atoms. The summed E-state index contributed by atoms with van der Waals surface area (Å²) < 4.78 is 10.9. The fourth-order valence-electron chi connectivity index (χ4n) is 1.50. The second-order valence-corrected chi connectivity index (χ2v) is 4.62. The Labute approximate surface area is 110 Å². The highest BCUT2D eigenvalue weighted by Gasteiger charge is 2.10. The number of esters is 1. The summed E-state index contributed by atoms with van der Waals surface area (Å²) in [5, 5.41) is 0. The SMILES string of the molecule is COC(=O)CN(C)Cc1cc(Br)ccc1OC. The lowest BCUT2D eigenvalue weighted by atomic mass is 10.2. The number of hydrogen-bond acceptors (Lipinski definition) is 4. The summed E-state index contributed by atoms with van der Waals surface area (Å²) in [4.78, 5) is 13.0. The summed E-state index contributed by atoms with van der Waals surface area (Å²) >= 11 is 3.41. The van der Waals surface area contributed by atoms with E-state index in [2.05, 4.69) is 20.7 Å². The van der Waals surface area contributed by atoms with Gasteiger partial charge in [0.2, 0.25) is 0 Å². The molecule has 0 N–H and O–H groups in total. The van der Waals surface area contributed by atoms with Gasteiger partial charge in [0.15, 0.2) is 0 Å². The van der Waals surface area contributed by atoms with Gasteiger partial charge < -0.3 is 9.47 Å². The quantitative estimate of drug-likeness (QED) is 0.781. The molecule has 0 saturated heterocycles. The van der Waals surface area contributed by atoms with E-state index >= 15 is 0 Å². The van der Waals surface area contributed by atoms with E-state index in [0.717, 1.165) is 15.8 Å². The van der Waals surface area contributed by atoms with Crippen molar-refractivity contribution in [3.8, 4) is 5.75 Å². The summed E-state index contributed by atoms with van der Waals surface area (Å²) in [6.45, 7) is 0.879. The lowest BCUT2D eigenvalue weighted by molar-refractivity contribution is -0.141. The zero-order valence-electron chi connectivity index (χ0n) is 10.2. The highest BCUT2D eigenvalue weighted by Crippen LogP contribution is 2.23. The molecule has 0 aliphatic heterocycles. The zero-order valence-corrected chi connectivity index (χ0v) is 11.8. The molecule has 0 bridgehead atoms. The third-order valence-corrected chi connectivity index (χ3v) is 2.80. The number of halogens is 1. The fraction of sp³-hybridized carbons (Fsp3) is 0.417. The van der Waals surface area contributed by atoms with E-state index in [1.807, 2.05) is 30.1 Å². The lowest BCUT2D eigenvalue weighted by Gasteiger charge is -2.17. The van der Waals surface area contributed by atoms with E-state index in [1.165, 1.54) is 7.11 Å². The highest BCUT2D eigenvalue weighted by molar-refractivity contribution is 9.10. The van der Waals surface area contributed by atoms with E-state index < -0.39 is 0 Å². The smallest absolute Gasteiger partial charge is 0.319 e. The number of carbonyl (C=O) groups excluding carboxylic acids is 1. The topological polar surface area (TPSA) is 38.8 Å². The van der Waals surface area contributed by atoms with Gasteiger partial charge in [0.25, 0.3) is 0 Å². The molecular weight excluding hydrogens is 286 g/mol. The first-order valence-corrected chi connectivity index (χ1v) is 5.94. The average molecular weight is 302 g/mol. The summed E-state index contributed by atoms with van der Waals surface area (Å²) in [6.07, 6.45) is 0. The molecule has 94 valence electrons. The molecule has 0 radical (unpaired) electrons.